The number of ether oxygens (including phenoxy) is 2. The number of hydrogen-bond donors (Lipinski definition) is 2. The summed E-state index contributed by atoms with van der Waals surface area (Å²) in [5, 5.41) is 3.10. The minimum absolute atomic E-state index is 0.0849. The zero-order valence-corrected chi connectivity index (χ0v) is 15.8. The van der Waals surface area contributed by atoms with Crippen molar-refractivity contribution in [1.29, 1.82) is 0 Å². The Labute approximate surface area is 159 Å². The van der Waals surface area contributed by atoms with E-state index in [4.69, 9.17) is 15.2 Å². The number of halogens is 1. The van der Waals surface area contributed by atoms with Gasteiger partial charge in [0.15, 0.2) is 5.96 Å². The van der Waals surface area contributed by atoms with Gasteiger partial charge in [-0.05, 0) is 42.7 Å². The lowest BCUT2D eigenvalue weighted by Crippen LogP contribution is -2.30. The molecule has 1 fully saturated rings. The van der Waals surface area contributed by atoms with Crippen molar-refractivity contribution in [3.05, 3.63) is 53.8 Å². The number of anilines is 1. The lowest BCUT2D eigenvalue weighted by molar-refractivity contribution is 0.405. The lowest BCUT2D eigenvalue weighted by Gasteiger charge is -2.28. The first-order valence-corrected chi connectivity index (χ1v) is 9.11. The summed E-state index contributed by atoms with van der Waals surface area (Å²) in [7, 11) is 3.21. The first-order valence-electron chi connectivity index (χ1n) is 9.11. The molecular weight excluding hydrogens is 345 g/mol. The van der Waals surface area contributed by atoms with Crippen molar-refractivity contribution in [3.63, 3.8) is 0 Å². The second kappa shape index (κ2) is 8.29. The Morgan fingerprint density at radius 1 is 1.11 bits per heavy atom. The standard InChI is InChI=1S/C21H26FN3O2/c1-26-17-9-10-19(27-2)18(13-17)25-20(23)24-14-21(11-3-4-12-21)15-5-7-16(22)8-6-15/h5-10,13H,3-4,11-12,14H2,1-2H3,(H3,23,24,25). The van der Waals surface area contributed by atoms with E-state index in [-0.39, 0.29) is 11.2 Å². The maximum Gasteiger partial charge on any atom is 0.193 e. The lowest BCUT2D eigenvalue weighted by atomic mass is 9.79. The van der Waals surface area contributed by atoms with Crippen LogP contribution in [0.2, 0.25) is 0 Å². The number of guanidine groups is 1. The van der Waals surface area contributed by atoms with Crippen molar-refractivity contribution in [2.24, 2.45) is 10.7 Å². The molecule has 0 spiro atoms. The molecule has 6 heteroatoms. The fourth-order valence-corrected chi connectivity index (χ4v) is 3.72. The number of methoxy groups -OCH3 is 2. The van der Waals surface area contributed by atoms with Crippen molar-refractivity contribution in [3.8, 4) is 11.5 Å². The van der Waals surface area contributed by atoms with Crippen molar-refractivity contribution in [2.45, 2.75) is 31.1 Å². The number of hydrogen-bond acceptors (Lipinski definition) is 3. The van der Waals surface area contributed by atoms with Crippen LogP contribution in [-0.2, 0) is 5.41 Å². The summed E-state index contributed by atoms with van der Waals surface area (Å²) in [5.74, 6) is 1.45. The van der Waals surface area contributed by atoms with E-state index in [0.717, 1.165) is 31.2 Å². The number of nitrogens with zero attached hydrogens (tertiary/aromatic N) is 1. The van der Waals surface area contributed by atoms with Crippen LogP contribution >= 0.6 is 0 Å². The van der Waals surface area contributed by atoms with E-state index < -0.39 is 0 Å². The minimum atomic E-state index is -0.221. The molecule has 1 saturated carbocycles. The van der Waals surface area contributed by atoms with Crippen LogP contribution in [0.25, 0.3) is 0 Å². The first kappa shape index (κ1) is 19.0. The monoisotopic (exact) mass is 371 g/mol. The number of benzene rings is 2. The number of aliphatic imine (C=N–C) groups is 1. The molecule has 1 aliphatic carbocycles. The van der Waals surface area contributed by atoms with Gasteiger partial charge in [0.1, 0.15) is 17.3 Å². The molecule has 0 heterocycles. The van der Waals surface area contributed by atoms with Gasteiger partial charge in [-0.3, -0.25) is 4.99 Å². The molecule has 3 rings (SSSR count). The van der Waals surface area contributed by atoms with Gasteiger partial charge >= 0.3 is 0 Å². The summed E-state index contributed by atoms with van der Waals surface area (Å²) in [5.41, 5.74) is 7.87. The molecule has 0 amide bonds. The summed E-state index contributed by atoms with van der Waals surface area (Å²) in [6, 6.07) is 12.2. The molecule has 0 atom stereocenters. The van der Waals surface area contributed by atoms with Crippen molar-refractivity contribution in [1.82, 2.24) is 0 Å². The van der Waals surface area contributed by atoms with Crippen LogP contribution in [0, 0.1) is 5.82 Å². The molecule has 5 nitrogen and oxygen atoms in total. The predicted molar refractivity (Wildman–Crippen MR) is 106 cm³/mol. The summed E-state index contributed by atoms with van der Waals surface area (Å²) >= 11 is 0. The van der Waals surface area contributed by atoms with Crippen LogP contribution in [0.4, 0.5) is 10.1 Å². The van der Waals surface area contributed by atoms with E-state index in [1.807, 2.05) is 30.3 Å². The van der Waals surface area contributed by atoms with E-state index in [2.05, 4.69) is 10.3 Å². The van der Waals surface area contributed by atoms with Crippen LogP contribution in [0.15, 0.2) is 47.5 Å². The summed E-state index contributed by atoms with van der Waals surface area (Å²) < 4.78 is 23.9. The van der Waals surface area contributed by atoms with Crippen LogP contribution in [0.5, 0.6) is 11.5 Å². The van der Waals surface area contributed by atoms with Crippen LogP contribution in [-0.4, -0.2) is 26.7 Å². The number of rotatable bonds is 6. The predicted octanol–water partition coefficient (Wildman–Crippen LogP) is 4.08. The summed E-state index contributed by atoms with van der Waals surface area (Å²) in [6.07, 6.45) is 4.34. The van der Waals surface area contributed by atoms with E-state index >= 15 is 0 Å². The molecule has 0 aromatic heterocycles. The Morgan fingerprint density at radius 2 is 1.81 bits per heavy atom. The maximum absolute atomic E-state index is 13.3. The van der Waals surface area contributed by atoms with Crippen molar-refractivity contribution < 1.29 is 13.9 Å². The fourth-order valence-electron chi connectivity index (χ4n) is 3.72. The van der Waals surface area contributed by atoms with Gasteiger partial charge in [-0.2, -0.15) is 0 Å². The molecule has 0 saturated heterocycles. The highest BCUT2D eigenvalue weighted by Gasteiger charge is 2.35. The van der Waals surface area contributed by atoms with Gasteiger partial charge in [0.05, 0.1) is 26.5 Å². The topological polar surface area (TPSA) is 68.9 Å². The zero-order chi connectivity index (χ0) is 19.3. The number of nitrogens with one attached hydrogen (secondary N) is 1. The molecule has 2 aromatic carbocycles. The third-order valence-electron chi connectivity index (χ3n) is 5.24. The highest BCUT2D eigenvalue weighted by Crippen LogP contribution is 2.41. The van der Waals surface area contributed by atoms with Gasteiger partial charge in [-0.15, -0.1) is 0 Å². The van der Waals surface area contributed by atoms with Crippen LogP contribution in [0.3, 0.4) is 0 Å². The average Bonchev–Trinajstić information content (AvgIpc) is 3.17. The molecule has 0 unspecified atom stereocenters. The average molecular weight is 371 g/mol. The largest absolute Gasteiger partial charge is 0.497 e. The molecular formula is C21H26FN3O2. The van der Waals surface area contributed by atoms with E-state index in [1.165, 1.54) is 12.1 Å². The molecule has 0 aliphatic heterocycles. The quantitative estimate of drug-likeness (QED) is 0.593. The first-order chi connectivity index (χ1) is 13.1. The van der Waals surface area contributed by atoms with Gasteiger partial charge < -0.3 is 20.5 Å². The summed E-state index contributed by atoms with van der Waals surface area (Å²) in [6.45, 7) is 0.559. The summed E-state index contributed by atoms with van der Waals surface area (Å²) in [4.78, 5) is 4.60. The smallest absolute Gasteiger partial charge is 0.193 e. The van der Waals surface area contributed by atoms with E-state index in [9.17, 15) is 4.39 Å². The molecule has 3 N–H and O–H groups in total. The molecule has 144 valence electrons. The van der Waals surface area contributed by atoms with Gasteiger partial charge in [0.25, 0.3) is 0 Å². The third kappa shape index (κ3) is 4.32. The Kier molecular flexibility index (Phi) is 5.84. The normalized spacial score (nSPS) is 16.2. The zero-order valence-electron chi connectivity index (χ0n) is 15.8. The Bertz CT molecular complexity index is 800. The van der Waals surface area contributed by atoms with Gasteiger partial charge in [-0.1, -0.05) is 25.0 Å². The highest BCUT2D eigenvalue weighted by atomic mass is 19.1. The van der Waals surface area contributed by atoms with Crippen molar-refractivity contribution >= 4 is 11.6 Å². The Balaban J connectivity index is 1.78. The Hall–Kier alpha value is -2.76. The van der Waals surface area contributed by atoms with E-state index in [1.54, 1.807) is 14.2 Å². The second-order valence-electron chi connectivity index (χ2n) is 6.89. The van der Waals surface area contributed by atoms with Gasteiger partial charge in [0, 0.05) is 11.5 Å². The third-order valence-corrected chi connectivity index (χ3v) is 5.24. The van der Waals surface area contributed by atoms with Gasteiger partial charge in [0.2, 0.25) is 0 Å². The molecule has 27 heavy (non-hydrogen) atoms. The van der Waals surface area contributed by atoms with Crippen LogP contribution < -0.4 is 20.5 Å². The second-order valence-corrected chi connectivity index (χ2v) is 6.89. The van der Waals surface area contributed by atoms with Gasteiger partial charge in [-0.25, -0.2) is 4.39 Å². The van der Waals surface area contributed by atoms with Crippen LogP contribution in [0.1, 0.15) is 31.2 Å². The maximum atomic E-state index is 13.3. The Morgan fingerprint density at radius 3 is 2.44 bits per heavy atom. The molecule has 0 bridgehead atoms. The molecule has 2 aromatic rings. The SMILES string of the molecule is COc1ccc(OC)c(NC(N)=NCC2(c3ccc(F)cc3)CCCC2)c1. The fraction of sp³-hybridized carbons (Fsp3) is 0.381. The van der Waals surface area contributed by atoms with E-state index in [0.29, 0.717) is 29.7 Å². The number of nitrogens with two attached hydrogens (primary N) is 1. The highest BCUT2D eigenvalue weighted by molar-refractivity contribution is 5.94. The molecule has 1 aliphatic rings. The molecule has 0 radical (unpaired) electrons. The minimum Gasteiger partial charge on any atom is -0.497 e. The van der Waals surface area contributed by atoms with Crippen molar-refractivity contribution in [2.75, 3.05) is 26.1 Å².